The quantitative estimate of drug-likeness (QED) is 0.709. The summed E-state index contributed by atoms with van der Waals surface area (Å²) in [6.45, 7) is 1.94. The highest BCUT2D eigenvalue weighted by molar-refractivity contribution is 5.92. The van der Waals surface area contributed by atoms with Crippen LogP contribution in [0.2, 0.25) is 0 Å². The topological polar surface area (TPSA) is 68.0 Å². The zero-order chi connectivity index (χ0) is 16.2. The minimum Gasteiger partial charge on any atom is -0.396 e. The van der Waals surface area contributed by atoms with Crippen LogP contribution in [0.1, 0.15) is 15.9 Å². The third kappa shape index (κ3) is 2.92. The molecule has 2 aromatic carbocycles. The van der Waals surface area contributed by atoms with Gasteiger partial charge in [-0.15, -0.1) is 0 Å². The minimum atomic E-state index is 0.612. The largest absolute Gasteiger partial charge is 0.396 e. The summed E-state index contributed by atoms with van der Waals surface area (Å²) < 4.78 is 0. The predicted octanol–water partition coefficient (Wildman–Crippen LogP) is 4.20. The molecule has 1 heterocycles. The number of nitrogen functional groups attached to an aromatic ring is 1. The second-order valence-electron chi connectivity index (χ2n) is 5.27. The number of aryl methyl sites for hydroxylation is 1. The van der Waals surface area contributed by atoms with Crippen LogP contribution in [0.3, 0.4) is 0 Å². The Morgan fingerprint density at radius 3 is 2.48 bits per heavy atom. The van der Waals surface area contributed by atoms with Gasteiger partial charge in [-0.05, 0) is 30.2 Å². The summed E-state index contributed by atoms with van der Waals surface area (Å²) in [5.41, 5.74) is 11.0. The zero-order valence-corrected chi connectivity index (χ0v) is 12.8. The van der Waals surface area contributed by atoms with E-state index in [4.69, 9.17) is 5.73 Å². The molecule has 0 unspecified atom stereocenters. The lowest BCUT2D eigenvalue weighted by Crippen LogP contribution is -2.02. The van der Waals surface area contributed by atoms with Crippen molar-refractivity contribution < 1.29 is 4.79 Å². The van der Waals surface area contributed by atoms with E-state index in [0.717, 1.165) is 28.7 Å². The molecule has 0 spiro atoms. The van der Waals surface area contributed by atoms with Crippen molar-refractivity contribution in [1.29, 1.82) is 0 Å². The fourth-order valence-electron chi connectivity index (χ4n) is 2.47. The van der Waals surface area contributed by atoms with Crippen molar-refractivity contribution in [3.8, 4) is 11.1 Å². The van der Waals surface area contributed by atoms with Crippen LogP contribution in [0.25, 0.3) is 11.1 Å². The van der Waals surface area contributed by atoms with Gasteiger partial charge in [-0.2, -0.15) is 0 Å². The maximum Gasteiger partial charge on any atom is 0.153 e. The normalized spacial score (nSPS) is 10.3. The van der Waals surface area contributed by atoms with Gasteiger partial charge in [-0.1, -0.05) is 42.5 Å². The Balaban J connectivity index is 2.08. The smallest absolute Gasteiger partial charge is 0.153 e. The van der Waals surface area contributed by atoms with Crippen LogP contribution >= 0.6 is 0 Å². The van der Waals surface area contributed by atoms with Crippen molar-refractivity contribution in [1.82, 2.24) is 4.98 Å². The lowest BCUT2D eigenvalue weighted by atomic mass is 9.99. The van der Waals surface area contributed by atoms with Crippen molar-refractivity contribution in [2.24, 2.45) is 0 Å². The van der Waals surface area contributed by atoms with E-state index < -0.39 is 0 Å². The summed E-state index contributed by atoms with van der Waals surface area (Å²) in [4.78, 5) is 15.6. The van der Waals surface area contributed by atoms with Crippen LogP contribution in [-0.2, 0) is 0 Å². The first-order valence-electron chi connectivity index (χ1n) is 7.32. The Hall–Kier alpha value is -3.14. The molecule has 0 fully saturated rings. The van der Waals surface area contributed by atoms with Crippen molar-refractivity contribution in [3.05, 3.63) is 71.9 Å². The number of hydrogen-bond donors (Lipinski definition) is 2. The summed E-state index contributed by atoms with van der Waals surface area (Å²) in [6, 6.07) is 17.2. The maximum atomic E-state index is 11.3. The molecule has 4 nitrogen and oxygen atoms in total. The lowest BCUT2D eigenvalue weighted by molar-refractivity contribution is 0.112. The van der Waals surface area contributed by atoms with E-state index in [1.54, 1.807) is 12.3 Å². The molecule has 0 saturated carbocycles. The van der Waals surface area contributed by atoms with Gasteiger partial charge in [0.25, 0.3) is 0 Å². The van der Waals surface area contributed by atoms with Crippen LogP contribution in [0.4, 0.5) is 17.2 Å². The fourth-order valence-corrected chi connectivity index (χ4v) is 2.47. The molecule has 0 atom stereocenters. The van der Waals surface area contributed by atoms with Gasteiger partial charge in [0.1, 0.15) is 0 Å². The van der Waals surface area contributed by atoms with Gasteiger partial charge in [0.15, 0.2) is 12.1 Å². The van der Waals surface area contributed by atoms with Gasteiger partial charge in [-0.25, -0.2) is 4.98 Å². The van der Waals surface area contributed by atoms with Gasteiger partial charge < -0.3 is 11.1 Å². The Bertz CT molecular complexity index is 859. The second kappa shape index (κ2) is 6.32. The minimum absolute atomic E-state index is 0.612. The number of aldehydes is 1. The average molecular weight is 303 g/mol. The Morgan fingerprint density at radius 2 is 1.70 bits per heavy atom. The summed E-state index contributed by atoms with van der Waals surface area (Å²) >= 11 is 0. The summed E-state index contributed by atoms with van der Waals surface area (Å²) in [5.74, 6) is 0.612. The average Bonchev–Trinajstić information content (AvgIpc) is 2.59. The number of nitrogens with two attached hydrogens (primary N) is 1. The van der Waals surface area contributed by atoms with Crippen molar-refractivity contribution in [2.45, 2.75) is 6.92 Å². The molecule has 0 aliphatic heterocycles. The summed E-state index contributed by atoms with van der Waals surface area (Å²) in [6.07, 6.45) is 2.58. The van der Waals surface area contributed by atoms with Gasteiger partial charge in [0, 0.05) is 23.0 Å². The number of para-hydroxylation sites is 1. The number of benzene rings is 2. The highest BCUT2D eigenvalue weighted by atomic mass is 16.1. The molecule has 3 aromatic rings. The Morgan fingerprint density at radius 1 is 1.00 bits per heavy atom. The van der Waals surface area contributed by atoms with Crippen LogP contribution in [0.5, 0.6) is 0 Å². The molecular formula is C19H17N3O. The molecule has 0 aliphatic rings. The molecule has 114 valence electrons. The SMILES string of the molecule is Cc1ccnc(Nc2ccccc2-c2ccccc2C=O)c1N. The maximum absolute atomic E-state index is 11.3. The highest BCUT2D eigenvalue weighted by Crippen LogP contribution is 2.33. The Labute approximate surface area is 135 Å². The first kappa shape index (κ1) is 14.8. The Kier molecular flexibility index (Phi) is 4.06. The first-order valence-corrected chi connectivity index (χ1v) is 7.32. The van der Waals surface area contributed by atoms with E-state index in [9.17, 15) is 4.79 Å². The van der Waals surface area contributed by atoms with E-state index in [2.05, 4.69) is 10.3 Å². The molecule has 3 rings (SSSR count). The molecule has 0 amide bonds. The molecule has 1 aromatic heterocycles. The number of aromatic nitrogens is 1. The molecule has 4 heteroatoms. The fraction of sp³-hybridized carbons (Fsp3) is 0.0526. The zero-order valence-electron chi connectivity index (χ0n) is 12.8. The number of carbonyl (C=O) groups excluding carboxylic acids is 1. The number of nitrogens with zero attached hydrogens (tertiary/aromatic N) is 1. The second-order valence-corrected chi connectivity index (χ2v) is 5.27. The van der Waals surface area contributed by atoms with E-state index in [1.165, 1.54) is 0 Å². The third-order valence-electron chi connectivity index (χ3n) is 3.77. The molecular weight excluding hydrogens is 286 g/mol. The van der Waals surface area contributed by atoms with Gasteiger partial charge in [-0.3, -0.25) is 4.79 Å². The number of pyridine rings is 1. The van der Waals surface area contributed by atoms with E-state index >= 15 is 0 Å². The monoisotopic (exact) mass is 303 g/mol. The number of hydrogen-bond acceptors (Lipinski definition) is 4. The lowest BCUT2D eigenvalue weighted by Gasteiger charge is -2.15. The summed E-state index contributed by atoms with van der Waals surface area (Å²) in [5, 5.41) is 3.28. The van der Waals surface area contributed by atoms with Gasteiger partial charge in [0.05, 0.1) is 5.69 Å². The molecule has 0 radical (unpaired) electrons. The van der Waals surface area contributed by atoms with E-state index in [0.29, 0.717) is 17.1 Å². The van der Waals surface area contributed by atoms with Crippen molar-refractivity contribution in [3.63, 3.8) is 0 Å². The van der Waals surface area contributed by atoms with Gasteiger partial charge >= 0.3 is 0 Å². The predicted molar refractivity (Wildman–Crippen MR) is 93.9 cm³/mol. The molecule has 0 bridgehead atoms. The van der Waals surface area contributed by atoms with Crippen LogP contribution in [0.15, 0.2) is 60.8 Å². The van der Waals surface area contributed by atoms with Crippen LogP contribution < -0.4 is 11.1 Å². The molecule has 23 heavy (non-hydrogen) atoms. The number of rotatable bonds is 4. The number of carbonyl (C=O) groups is 1. The molecule has 0 aliphatic carbocycles. The van der Waals surface area contributed by atoms with Crippen molar-refractivity contribution in [2.75, 3.05) is 11.1 Å². The number of anilines is 3. The summed E-state index contributed by atoms with van der Waals surface area (Å²) in [7, 11) is 0. The van der Waals surface area contributed by atoms with E-state index in [1.807, 2.05) is 55.5 Å². The molecule has 0 saturated heterocycles. The first-order chi connectivity index (χ1) is 11.2. The number of nitrogens with one attached hydrogen (secondary N) is 1. The molecule has 3 N–H and O–H groups in total. The van der Waals surface area contributed by atoms with Gasteiger partial charge in [0.2, 0.25) is 0 Å². The van der Waals surface area contributed by atoms with Crippen LogP contribution in [-0.4, -0.2) is 11.3 Å². The van der Waals surface area contributed by atoms with E-state index in [-0.39, 0.29) is 0 Å². The van der Waals surface area contributed by atoms with Crippen LogP contribution in [0, 0.1) is 6.92 Å². The van der Waals surface area contributed by atoms with Crippen molar-refractivity contribution >= 4 is 23.5 Å². The standard InChI is InChI=1S/C19H17N3O/c1-13-10-11-21-19(18(13)20)22-17-9-5-4-8-16(17)15-7-3-2-6-14(15)12-23/h2-12H,20H2,1H3,(H,21,22). The third-order valence-corrected chi connectivity index (χ3v) is 3.77. The highest BCUT2D eigenvalue weighted by Gasteiger charge is 2.11.